The fraction of sp³-hybridized carbons (Fsp3) is 0.278. The minimum atomic E-state index is -3.44. The number of rotatable bonds is 8. The van der Waals surface area contributed by atoms with Crippen molar-refractivity contribution < 1.29 is 13.2 Å². The van der Waals surface area contributed by atoms with Gasteiger partial charge in [0, 0.05) is 13.1 Å². The van der Waals surface area contributed by atoms with Crippen molar-refractivity contribution in [1.29, 1.82) is 0 Å². The molecule has 0 aliphatic heterocycles. The zero-order valence-electron chi connectivity index (χ0n) is 13.7. The molecule has 2 rings (SSSR count). The Bertz CT molecular complexity index is 746. The molecule has 0 spiro atoms. The van der Waals surface area contributed by atoms with Crippen molar-refractivity contribution in [3.05, 3.63) is 71.8 Å². The van der Waals surface area contributed by atoms with E-state index in [2.05, 4.69) is 5.32 Å². The van der Waals surface area contributed by atoms with Gasteiger partial charge in [-0.15, -0.1) is 0 Å². The second-order valence-corrected chi connectivity index (χ2v) is 7.58. The molecule has 0 aliphatic rings. The van der Waals surface area contributed by atoms with Gasteiger partial charge in [-0.25, -0.2) is 8.42 Å². The molecule has 24 heavy (non-hydrogen) atoms. The Hall–Kier alpha value is -2.18. The summed E-state index contributed by atoms with van der Waals surface area (Å²) in [4.78, 5) is 12.1. The summed E-state index contributed by atoms with van der Waals surface area (Å²) in [6.45, 7) is 0.496. The van der Waals surface area contributed by atoms with Crippen LogP contribution in [0.5, 0.6) is 0 Å². The summed E-state index contributed by atoms with van der Waals surface area (Å²) in [7, 11) is -3.44. The molecule has 128 valence electrons. The third kappa shape index (κ3) is 6.14. The van der Waals surface area contributed by atoms with Gasteiger partial charge >= 0.3 is 0 Å². The first-order valence-electron chi connectivity index (χ1n) is 7.75. The quantitative estimate of drug-likeness (QED) is 0.793. The molecular formula is C18H22N2O3S. The summed E-state index contributed by atoms with van der Waals surface area (Å²) in [5, 5.41) is 2.75. The number of nitrogens with zero attached hydrogens (tertiary/aromatic N) is 1. The van der Waals surface area contributed by atoms with Crippen molar-refractivity contribution in [2.24, 2.45) is 0 Å². The number of carbonyl (C=O) groups is 1. The Morgan fingerprint density at radius 3 is 2.04 bits per heavy atom. The number of carbonyl (C=O) groups excluding carboxylic acids is 1. The third-order valence-electron chi connectivity index (χ3n) is 3.61. The first-order valence-corrected chi connectivity index (χ1v) is 9.59. The topological polar surface area (TPSA) is 66.5 Å². The van der Waals surface area contributed by atoms with Crippen LogP contribution in [0.1, 0.15) is 11.1 Å². The Kier molecular flexibility index (Phi) is 6.52. The van der Waals surface area contributed by atoms with Crippen LogP contribution in [0.3, 0.4) is 0 Å². The molecule has 6 heteroatoms. The molecule has 0 aliphatic carbocycles. The van der Waals surface area contributed by atoms with Gasteiger partial charge in [-0.1, -0.05) is 60.7 Å². The second kappa shape index (κ2) is 8.61. The normalized spacial score (nSPS) is 11.4. The monoisotopic (exact) mass is 346 g/mol. The van der Waals surface area contributed by atoms with Crippen LogP contribution in [-0.4, -0.2) is 38.0 Å². The first kappa shape index (κ1) is 18.2. The van der Waals surface area contributed by atoms with Crippen LogP contribution >= 0.6 is 0 Å². The van der Waals surface area contributed by atoms with Gasteiger partial charge in [-0.05, 0) is 17.5 Å². The van der Waals surface area contributed by atoms with Crippen molar-refractivity contribution in [1.82, 2.24) is 9.62 Å². The van der Waals surface area contributed by atoms with Gasteiger partial charge in [0.15, 0.2) is 0 Å². The lowest BCUT2D eigenvalue weighted by Gasteiger charge is -2.19. The van der Waals surface area contributed by atoms with E-state index in [0.29, 0.717) is 13.0 Å². The van der Waals surface area contributed by atoms with Gasteiger partial charge in [0.25, 0.3) is 0 Å². The van der Waals surface area contributed by atoms with Crippen molar-refractivity contribution in [3.8, 4) is 0 Å². The van der Waals surface area contributed by atoms with Gasteiger partial charge in [0.05, 0.1) is 12.8 Å². The van der Waals surface area contributed by atoms with Crippen LogP contribution in [0.15, 0.2) is 60.7 Å². The zero-order chi connectivity index (χ0) is 17.4. The summed E-state index contributed by atoms with van der Waals surface area (Å²) in [5.74, 6) is -0.308. The third-order valence-corrected chi connectivity index (χ3v) is 4.86. The molecular weight excluding hydrogens is 324 g/mol. The van der Waals surface area contributed by atoms with E-state index in [-0.39, 0.29) is 19.0 Å². The molecule has 0 radical (unpaired) electrons. The maximum atomic E-state index is 12.1. The molecule has 1 N–H and O–H groups in total. The van der Waals surface area contributed by atoms with Crippen LogP contribution in [0.4, 0.5) is 0 Å². The minimum absolute atomic E-state index is 0.168. The molecule has 0 unspecified atom stereocenters. The summed E-state index contributed by atoms with van der Waals surface area (Å²) < 4.78 is 25.0. The second-order valence-electron chi connectivity index (χ2n) is 5.59. The Morgan fingerprint density at radius 2 is 1.50 bits per heavy atom. The maximum absolute atomic E-state index is 12.1. The van der Waals surface area contributed by atoms with Crippen LogP contribution < -0.4 is 5.32 Å². The molecule has 0 aromatic heterocycles. The lowest BCUT2D eigenvalue weighted by Crippen LogP contribution is -2.41. The Labute approximate surface area is 143 Å². The molecule has 0 fully saturated rings. The fourth-order valence-corrected chi connectivity index (χ4v) is 3.05. The lowest BCUT2D eigenvalue weighted by molar-refractivity contribution is -0.121. The molecule has 0 bridgehead atoms. The van der Waals surface area contributed by atoms with Gasteiger partial charge in [0.2, 0.25) is 15.9 Å². The summed E-state index contributed by atoms with van der Waals surface area (Å²) in [6, 6.07) is 19.1. The maximum Gasteiger partial charge on any atom is 0.235 e. The Morgan fingerprint density at radius 1 is 0.958 bits per heavy atom. The predicted octanol–water partition coefficient (Wildman–Crippen LogP) is 1.81. The number of hydrogen-bond donors (Lipinski definition) is 1. The lowest BCUT2D eigenvalue weighted by atomic mass is 10.1. The van der Waals surface area contributed by atoms with Gasteiger partial charge < -0.3 is 5.32 Å². The SMILES string of the molecule is CS(=O)(=O)N(CCc1ccccc1)CC(=O)NCc1ccccc1. The Balaban J connectivity index is 1.90. The van der Waals surface area contributed by atoms with Crippen LogP contribution in [-0.2, 0) is 27.8 Å². The highest BCUT2D eigenvalue weighted by Gasteiger charge is 2.19. The average molecular weight is 346 g/mol. The summed E-state index contributed by atoms with van der Waals surface area (Å²) in [5.41, 5.74) is 2.01. The minimum Gasteiger partial charge on any atom is -0.351 e. The van der Waals surface area contributed by atoms with E-state index in [1.165, 1.54) is 4.31 Å². The van der Waals surface area contributed by atoms with E-state index in [9.17, 15) is 13.2 Å². The van der Waals surface area contributed by atoms with Crippen molar-refractivity contribution in [2.75, 3.05) is 19.3 Å². The highest BCUT2D eigenvalue weighted by Crippen LogP contribution is 2.05. The number of benzene rings is 2. The molecule has 1 amide bonds. The molecule has 2 aromatic carbocycles. The fourth-order valence-electron chi connectivity index (χ4n) is 2.27. The van der Waals surface area contributed by atoms with Gasteiger partial charge in [-0.2, -0.15) is 4.31 Å². The van der Waals surface area contributed by atoms with Crippen molar-refractivity contribution in [3.63, 3.8) is 0 Å². The number of amides is 1. The van der Waals surface area contributed by atoms with Crippen molar-refractivity contribution in [2.45, 2.75) is 13.0 Å². The molecule has 5 nitrogen and oxygen atoms in total. The number of hydrogen-bond acceptors (Lipinski definition) is 3. The molecule has 0 saturated carbocycles. The average Bonchev–Trinajstić information content (AvgIpc) is 2.57. The van der Waals surface area contributed by atoms with E-state index in [4.69, 9.17) is 0 Å². The smallest absolute Gasteiger partial charge is 0.235 e. The van der Waals surface area contributed by atoms with Gasteiger partial charge in [0.1, 0.15) is 0 Å². The van der Waals surface area contributed by atoms with Crippen LogP contribution in [0.2, 0.25) is 0 Å². The highest BCUT2D eigenvalue weighted by molar-refractivity contribution is 7.88. The summed E-state index contributed by atoms with van der Waals surface area (Å²) in [6.07, 6.45) is 1.70. The van der Waals surface area contributed by atoms with E-state index in [1.54, 1.807) is 0 Å². The first-order chi connectivity index (χ1) is 11.4. The van der Waals surface area contributed by atoms with Crippen LogP contribution in [0, 0.1) is 0 Å². The van der Waals surface area contributed by atoms with E-state index in [0.717, 1.165) is 17.4 Å². The highest BCUT2D eigenvalue weighted by atomic mass is 32.2. The zero-order valence-corrected chi connectivity index (χ0v) is 14.5. The summed E-state index contributed by atoms with van der Waals surface area (Å²) >= 11 is 0. The predicted molar refractivity (Wildman–Crippen MR) is 94.9 cm³/mol. The van der Waals surface area contributed by atoms with Gasteiger partial charge in [-0.3, -0.25) is 4.79 Å². The van der Waals surface area contributed by atoms with Crippen molar-refractivity contribution >= 4 is 15.9 Å². The van der Waals surface area contributed by atoms with E-state index >= 15 is 0 Å². The molecule has 0 heterocycles. The number of sulfonamides is 1. The molecule has 0 atom stereocenters. The largest absolute Gasteiger partial charge is 0.351 e. The van der Waals surface area contributed by atoms with Crippen LogP contribution in [0.25, 0.3) is 0 Å². The van der Waals surface area contributed by atoms with E-state index < -0.39 is 10.0 Å². The number of nitrogens with one attached hydrogen (secondary N) is 1. The molecule has 0 saturated heterocycles. The molecule has 2 aromatic rings. The standard InChI is InChI=1S/C18H22N2O3S/c1-24(22,23)20(13-12-16-8-4-2-5-9-16)15-18(21)19-14-17-10-6-3-7-11-17/h2-11H,12-15H2,1H3,(H,19,21). The van der Waals surface area contributed by atoms with E-state index in [1.807, 2.05) is 60.7 Å².